The first-order chi connectivity index (χ1) is 12.2. The topological polar surface area (TPSA) is 83.6 Å². The van der Waals surface area contributed by atoms with E-state index in [1.54, 1.807) is 4.90 Å². The Labute approximate surface area is 163 Å². The van der Waals surface area contributed by atoms with E-state index >= 15 is 0 Å². The molecule has 0 radical (unpaired) electrons. The Bertz CT molecular complexity index is 741. The Morgan fingerprint density at radius 3 is 2.38 bits per heavy atom. The SMILES string of the molecule is CCC1C(=C=O)N(C(=O)NCCc2ccccc2)CC1C.O=S(=O)(Cl)Cl. The van der Waals surface area contributed by atoms with Gasteiger partial charge < -0.3 is 5.32 Å². The van der Waals surface area contributed by atoms with Crippen molar-refractivity contribution in [3.63, 3.8) is 0 Å². The van der Waals surface area contributed by atoms with E-state index in [0.29, 0.717) is 24.7 Å². The van der Waals surface area contributed by atoms with Crippen LogP contribution in [0.25, 0.3) is 0 Å². The molecule has 0 saturated carbocycles. The third kappa shape index (κ3) is 7.79. The van der Waals surface area contributed by atoms with Crippen LogP contribution in [0.3, 0.4) is 0 Å². The van der Waals surface area contributed by atoms with Crippen LogP contribution >= 0.6 is 21.4 Å². The summed E-state index contributed by atoms with van der Waals surface area (Å²) in [6, 6.07) is 9.82. The quantitative estimate of drug-likeness (QED) is 0.597. The second-order valence-corrected chi connectivity index (χ2v) is 9.60. The lowest BCUT2D eigenvalue weighted by molar-refractivity contribution is 0.215. The van der Waals surface area contributed by atoms with Crippen molar-refractivity contribution in [3.05, 3.63) is 41.6 Å². The molecule has 0 aliphatic carbocycles. The summed E-state index contributed by atoms with van der Waals surface area (Å²) in [5, 5.41) is 2.89. The van der Waals surface area contributed by atoms with E-state index in [1.807, 2.05) is 43.2 Å². The molecular formula is C17H22Cl2N2O4S. The van der Waals surface area contributed by atoms with Gasteiger partial charge >= 0.3 is 14.3 Å². The molecule has 1 aromatic carbocycles. The van der Waals surface area contributed by atoms with Crippen molar-refractivity contribution < 1.29 is 18.0 Å². The van der Waals surface area contributed by atoms with Crippen molar-refractivity contribution in [2.75, 3.05) is 13.1 Å². The fourth-order valence-electron chi connectivity index (χ4n) is 2.96. The van der Waals surface area contributed by atoms with Gasteiger partial charge in [0.2, 0.25) is 0 Å². The van der Waals surface area contributed by atoms with Gasteiger partial charge in [0.05, 0.1) is 0 Å². The summed E-state index contributed by atoms with van der Waals surface area (Å²) in [6.07, 6.45) is 1.65. The molecule has 1 N–H and O–H groups in total. The summed E-state index contributed by atoms with van der Waals surface area (Å²) in [5.41, 5.74) is 1.69. The van der Waals surface area contributed by atoms with Gasteiger partial charge in [-0.2, -0.15) is 8.42 Å². The van der Waals surface area contributed by atoms with Crippen LogP contribution in [0.1, 0.15) is 25.8 Å². The van der Waals surface area contributed by atoms with E-state index in [-0.39, 0.29) is 11.9 Å². The largest absolute Gasteiger partial charge is 0.337 e. The van der Waals surface area contributed by atoms with Crippen LogP contribution < -0.4 is 5.32 Å². The third-order valence-corrected chi connectivity index (χ3v) is 4.12. The predicted octanol–water partition coefficient (Wildman–Crippen LogP) is 3.34. The number of hydrogen-bond donors (Lipinski definition) is 1. The molecule has 2 amide bonds. The minimum absolute atomic E-state index is 0.141. The zero-order valence-electron chi connectivity index (χ0n) is 14.6. The number of likely N-dealkylation sites (tertiary alicyclic amines) is 1. The number of nitrogens with one attached hydrogen (secondary N) is 1. The first-order valence-electron chi connectivity index (χ1n) is 8.15. The molecule has 9 heteroatoms. The van der Waals surface area contributed by atoms with Crippen LogP contribution in [0.4, 0.5) is 4.79 Å². The number of halogens is 2. The molecule has 1 saturated heterocycles. The molecular weight excluding hydrogens is 399 g/mol. The molecule has 1 aromatic rings. The van der Waals surface area contributed by atoms with Crippen LogP contribution in [0.5, 0.6) is 0 Å². The van der Waals surface area contributed by atoms with Gasteiger partial charge in [-0.3, -0.25) is 4.90 Å². The van der Waals surface area contributed by atoms with Gasteiger partial charge in [-0.25, -0.2) is 9.59 Å². The zero-order valence-corrected chi connectivity index (χ0v) is 16.9. The average molecular weight is 421 g/mol. The second-order valence-electron chi connectivity index (χ2n) is 5.94. The number of urea groups is 1. The van der Waals surface area contributed by atoms with Crippen molar-refractivity contribution in [1.29, 1.82) is 0 Å². The van der Waals surface area contributed by atoms with Crippen molar-refractivity contribution >= 4 is 41.6 Å². The number of hydrogen-bond acceptors (Lipinski definition) is 4. The van der Waals surface area contributed by atoms with Crippen molar-refractivity contribution in [2.24, 2.45) is 11.8 Å². The van der Waals surface area contributed by atoms with Gasteiger partial charge in [0, 0.05) is 40.4 Å². The third-order valence-electron chi connectivity index (χ3n) is 4.12. The Hall–Kier alpha value is -1.53. The van der Waals surface area contributed by atoms with E-state index < -0.39 is 8.26 Å². The van der Waals surface area contributed by atoms with Crippen molar-refractivity contribution in [3.8, 4) is 0 Å². The molecule has 144 valence electrons. The monoisotopic (exact) mass is 420 g/mol. The first kappa shape index (κ1) is 22.5. The van der Waals surface area contributed by atoms with Crippen LogP contribution in [-0.2, 0) is 19.5 Å². The van der Waals surface area contributed by atoms with Gasteiger partial charge in [0.1, 0.15) is 11.6 Å². The van der Waals surface area contributed by atoms with E-state index in [1.165, 1.54) is 5.56 Å². The van der Waals surface area contributed by atoms with Gasteiger partial charge in [0.25, 0.3) is 0 Å². The predicted molar refractivity (Wildman–Crippen MR) is 103 cm³/mol. The molecule has 1 aliphatic rings. The fraction of sp³-hybridized carbons (Fsp3) is 0.471. The summed E-state index contributed by atoms with van der Waals surface area (Å²) in [7, 11) is 4.81. The minimum Gasteiger partial charge on any atom is -0.337 e. The molecule has 0 spiro atoms. The number of benzene rings is 1. The van der Waals surface area contributed by atoms with Crippen LogP contribution in [0, 0.1) is 11.8 Å². The number of carbonyl (C=O) groups is 1. The van der Waals surface area contributed by atoms with E-state index in [9.17, 15) is 9.59 Å². The lowest BCUT2D eigenvalue weighted by Crippen LogP contribution is -2.38. The van der Waals surface area contributed by atoms with Gasteiger partial charge in [-0.05, 0) is 24.3 Å². The minimum atomic E-state index is -3.72. The number of allylic oxidation sites excluding steroid dienone is 1. The lowest BCUT2D eigenvalue weighted by atomic mass is 9.93. The highest BCUT2D eigenvalue weighted by atomic mass is 36.0. The number of amides is 2. The van der Waals surface area contributed by atoms with Gasteiger partial charge in [-0.15, -0.1) is 0 Å². The van der Waals surface area contributed by atoms with Crippen molar-refractivity contribution in [2.45, 2.75) is 26.7 Å². The van der Waals surface area contributed by atoms with Gasteiger partial charge in [0.15, 0.2) is 0 Å². The van der Waals surface area contributed by atoms with E-state index in [2.05, 4.69) is 33.6 Å². The maximum atomic E-state index is 12.2. The molecule has 2 rings (SSSR count). The average Bonchev–Trinajstić information content (AvgIpc) is 2.90. The summed E-state index contributed by atoms with van der Waals surface area (Å²) in [5.74, 6) is 2.42. The van der Waals surface area contributed by atoms with E-state index in [4.69, 9.17) is 8.42 Å². The van der Waals surface area contributed by atoms with Crippen LogP contribution in [0.2, 0.25) is 0 Å². The Morgan fingerprint density at radius 1 is 1.31 bits per heavy atom. The summed E-state index contributed by atoms with van der Waals surface area (Å²) < 4.78 is 18.3. The Balaban J connectivity index is 0.000000597. The summed E-state index contributed by atoms with van der Waals surface area (Å²) in [4.78, 5) is 24.9. The summed E-state index contributed by atoms with van der Waals surface area (Å²) >= 11 is 0. The zero-order chi connectivity index (χ0) is 19.7. The molecule has 1 heterocycles. The standard InChI is InChI=1S/C17H22N2O2.Cl2O2S/c1-3-15-13(2)11-19(16(15)12-20)17(21)18-10-9-14-7-5-4-6-8-14;1-5(2,3)4/h4-8,13,15H,3,9-11H2,1-2H3,(H,18,21);. The fourth-order valence-corrected chi connectivity index (χ4v) is 2.96. The van der Waals surface area contributed by atoms with Crippen molar-refractivity contribution in [1.82, 2.24) is 10.2 Å². The molecule has 26 heavy (non-hydrogen) atoms. The maximum Gasteiger partial charge on any atom is 0.322 e. The van der Waals surface area contributed by atoms with E-state index in [0.717, 1.165) is 12.8 Å². The Morgan fingerprint density at radius 2 is 1.88 bits per heavy atom. The van der Waals surface area contributed by atoms with Gasteiger partial charge in [-0.1, -0.05) is 44.2 Å². The molecule has 1 fully saturated rings. The van der Waals surface area contributed by atoms with Crippen LogP contribution in [0.15, 0.2) is 36.0 Å². The maximum absolute atomic E-state index is 12.2. The molecule has 1 aliphatic heterocycles. The number of rotatable bonds is 4. The number of nitrogens with zero attached hydrogens (tertiary/aromatic N) is 1. The lowest BCUT2D eigenvalue weighted by Gasteiger charge is -2.17. The second kappa shape index (κ2) is 10.6. The Kier molecular flexibility index (Phi) is 9.16. The molecule has 0 aromatic heterocycles. The highest BCUT2D eigenvalue weighted by Crippen LogP contribution is 2.33. The highest BCUT2D eigenvalue weighted by molar-refractivity contribution is 8.31. The number of carbonyl (C=O) groups excluding carboxylic acids is 2. The molecule has 2 unspecified atom stereocenters. The first-order valence-corrected chi connectivity index (χ1v) is 11.3. The smallest absolute Gasteiger partial charge is 0.322 e. The molecule has 6 nitrogen and oxygen atoms in total. The van der Waals surface area contributed by atoms with Crippen LogP contribution in [-0.4, -0.2) is 38.4 Å². The molecule has 2 atom stereocenters. The highest BCUT2D eigenvalue weighted by Gasteiger charge is 2.37. The molecule has 0 bridgehead atoms. The summed E-state index contributed by atoms with van der Waals surface area (Å²) in [6.45, 7) is 5.27. The normalized spacial score (nSPS) is 19.4.